The molecule has 9 nitrogen and oxygen atoms in total. The van der Waals surface area contributed by atoms with Gasteiger partial charge in [-0.2, -0.15) is 0 Å². The van der Waals surface area contributed by atoms with Crippen molar-refractivity contribution in [2.45, 2.75) is 78.4 Å². The van der Waals surface area contributed by atoms with Gasteiger partial charge in [0.05, 0.1) is 13.2 Å². The summed E-state index contributed by atoms with van der Waals surface area (Å²) in [5.74, 6) is 0. The van der Waals surface area contributed by atoms with Gasteiger partial charge >= 0.3 is 0 Å². The van der Waals surface area contributed by atoms with Crippen molar-refractivity contribution in [3.63, 3.8) is 0 Å². The third-order valence-electron chi connectivity index (χ3n) is 4.85. The van der Waals surface area contributed by atoms with Crippen molar-refractivity contribution in [1.29, 1.82) is 0 Å². The Kier molecular flexibility index (Phi) is 14.3. The SMILES string of the molecule is CCOC(OCC)P(=O)(OCC)C(N1CCCCC1)P(=O)(OCC)C(OCC)OCC. The highest BCUT2D eigenvalue weighted by Gasteiger charge is 2.60. The van der Waals surface area contributed by atoms with E-state index >= 15 is 0 Å². The lowest BCUT2D eigenvalue weighted by molar-refractivity contribution is -0.0953. The second-order valence-electron chi connectivity index (χ2n) is 7.00. The van der Waals surface area contributed by atoms with Gasteiger partial charge in [-0.15, -0.1) is 0 Å². The Morgan fingerprint density at radius 3 is 1.26 bits per heavy atom. The van der Waals surface area contributed by atoms with E-state index in [2.05, 4.69) is 0 Å². The molecule has 1 aliphatic heterocycles. The quantitative estimate of drug-likeness (QED) is 0.205. The maximum Gasteiger partial charge on any atom is 0.284 e. The minimum Gasteiger partial charge on any atom is -0.345 e. The van der Waals surface area contributed by atoms with Gasteiger partial charge < -0.3 is 28.0 Å². The lowest BCUT2D eigenvalue weighted by Crippen LogP contribution is -2.45. The van der Waals surface area contributed by atoms with Gasteiger partial charge in [0.2, 0.25) is 12.1 Å². The van der Waals surface area contributed by atoms with E-state index in [9.17, 15) is 9.13 Å². The van der Waals surface area contributed by atoms with E-state index in [1.54, 1.807) is 41.5 Å². The summed E-state index contributed by atoms with van der Waals surface area (Å²) < 4.78 is 64.1. The van der Waals surface area contributed by atoms with Crippen molar-refractivity contribution >= 4 is 14.7 Å². The molecule has 0 aromatic rings. The van der Waals surface area contributed by atoms with Crippen molar-refractivity contribution in [2.24, 2.45) is 0 Å². The minimum absolute atomic E-state index is 0.151. The van der Waals surface area contributed by atoms with Crippen LogP contribution in [0.25, 0.3) is 0 Å². The monoisotopic (exact) mass is 487 g/mol. The van der Waals surface area contributed by atoms with Crippen molar-refractivity contribution in [2.75, 3.05) is 52.7 Å². The van der Waals surface area contributed by atoms with Gasteiger partial charge in [-0.05, 0) is 67.5 Å². The zero-order valence-electron chi connectivity index (χ0n) is 20.1. The molecule has 0 bridgehead atoms. The number of ether oxygens (including phenoxy) is 4. The largest absolute Gasteiger partial charge is 0.345 e. The number of hydrogen-bond acceptors (Lipinski definition) is 9. The Labute approximate surface area is 188 Å². The van der Waals surface area contributed by atoms with Crippen LogP contribution in [0.5, 0.6) is 0 Å². The molecule has 31 heavy (non-hydrogen) atoms. The summed E-state index contributed by atoms with van der Waals surface area (Å²) in [6.07, 6.45) is 2.86. The van der Waals surface area contributed by atoms with Crippen LogP contribution in [0.15, 0.2) is 0 Å². The van der Waals surface area contributed by atoms with E-state index in [1.165, 1.54) is 0 Å². The van der Waals surface area contributed by atoms with Crippen LogP contribution >= 0.6 is 14.7 Å². The summed E-state index contributed by atoms with van der Waals surface area (Å²) in [5, 5.41) is 0. The molecule has 0 amide bonds. The molecule has 1 saturated heterocycles. The average molecular weight is 488 g/mol. The van der Waals surface area contributed by atoms with Gasteiger partial charge in [0.15, 0.2) is 5.52 Å². The predicted octanol–water partition coefficient (Wildman–Crippen LogP) is 5.10. The van der Waals surface area contributed by atoms with Crippen molar-refractivity contribution in [1.82, 2.24) is 4.90 Å². The maximum atomic E-state index is 14.6. The lowest BCUT2D eigenvalue weighted by atomic mass is 10.1. The van der Waals surface area contributed by atoms with E-state index in [-0.39, 0.29) is 39.6 Å². The van der Waals surface area contributed by atoms with E-state index in [1.807, 2.05) is 4.90 Å². The van der Waals surface area contributed by atoms with Crippen molar-refractivity contribution in [3.05, 3.63) is 0 Å². The molecule has 0 saturated carbocycles. The fraction of sp³-hybridized carbons (Fsp3) is 1.00. The van der Waals surface area contributed by atoms with E-state index in [0.29, 0.717) is 13.1 Å². The summed E-state index contributed by atoms with van der Waals surface area (Å²) in [4.78, 5) is 1.95. The van der Waals surface area contributed by atoms with Crippen LogP contribution in [0.4, 0.5) is 0 Å². The fourth-order valence-corrected chi connectivity index (χ4v) is 11.2. The molecule has 2 atom stereocenters. The summed E-state index contributed by atoms with van der Waals surface area (Å²) in [6.45, 7) is 13.3. The fourth-order valence-electron chi connectivity index (χ4n) is 3.79. The summed E-state index contributed by atoms with van der Waals surface area (Å²) in [7, 11) is -7.72. The first-order valence-electron chi connectivity index (χ1n) is 11.6. The number of nitrogens with zero attached hydrogens (tertiary/aromatic N) is 1. The highest BCUT2D eigenvalue weighted by atomic mass is 31.2. The van der Waals surface area contributed by atoms with Crippen LogP contribution in [0, 0.1) is 0 Å². The van der Waals surface area contributed by atoms with Crippen molar-refractivity contribution in [3.8, 4) is 0 Å². The number of hydrogen-bond donors (Lipinski definition) is 0. The van der Waals surface area contributed by atoms with Crippen LogP contribution in [-0.2, 0) is 37.1 Å². The zero-order valence-corrected chi connectivity index (χ0v) is 21.9. The van der Waals surface area contributed by atoms with Crippen LogP contribution in [0.2, 0.25) is 0 Å². The topological polar surface area (TPSA) is 92.8 Å². The van der Waals surface area contributed by atoms with Gasteiger partial charge in [0, 0.05) is 26.4 Å². The highest BCUT2D eigenvalue weighted by molar-refractivity contribution is 7.77. The van der Waals surface area contributed by atoms with Gasteiger partial charge in [-0.3, -0.25) is 14.0 Å². The molecule has 0 aliphatic carbocycles. The lowest BCUT2D eigenvalue weighted by Gasteiger charge is -2.44. The van der Waals surface area contributed by atoms with Crippen LogP contribution in [0.3, 0.4) is 0 Å². The summed E-state index contributed by atoms with van der Waals surface area (Å²) >= 11 is 0. The van der Waals surface area contributed by atoms with Crippen LogP contribution in [0.1, 0.15) is 60.8 Å². The van der Waals surface area contributed by atoms with Gasteiger partial charge in [0.1, 0.15) is 0 Å². The Morgan fingerprint density at radius 2 is 0.968 bits per heavy atom. The van der Waals surface area contributed by atoms with E-state index < -0.39 is 32.3 Å². The predicted molar refractivity (Wildman–Crippen MR) is 122 cm³/mol. The normalized spacial score (nSPS) is 20.6. The molecule has 186 valence electrons. The average Bonchev–Trinajstić information content (AvgIpc) is 2.74. The minimum atomic E-state index is -3.86. The Balaban J connectivity index is 3.68. The van der Waals surface area contributed by atoms with Crippen molar-refractivity contribution < 1.29 is 37.1 Å². The van der Waals surface area contributed by atoms with Gasteiger partial charge in [-0.25, -0.2) is 0 Å². The summed E-state index contributed by atoms with van der Waals surface area (Å²) in [5.41, 5.74) is -1.09. The zero-order chi connectivity index (χ0) is 23.3. The second-order valence-corrected chi connectivity index (χ2v) is 12.3. The molecule has 0 aromatic heterocycles. The standard InChI is InChI=1S/C20H43NO8P2/c1-7-24-19(25-8-2)30(22,28-11-5)18(21-16-14-13-15-17-21)31(23,29-12-6)20(26-9-3)27-10-4/h18-20H,7-17H2,1-6H3. The number of likely N-dealkylation sites (tertiary alicyclic amines) is 1. The first kappa shape index (κ1) is 29.2. The first-order chi connectivity index (χ1) is 14.9. The number of piperidine rings is 1. The second kappa shape index (κ2) is 15.2. The molecular formula is C20H43NO8P2. The molecule has 1 rings (SSSR count). The van der Waals surface area contributed by atoms with E-state index in [0.717, 1.165) is 19.3 Å². The molecule has 11 heteroatoms. The smallest absolute Gasteiger partial charge is 0.284 e. The van der Waals surface area contributed by atoms with Crippen LogP contribution < -0.4 is 0 Å². The third kappa shape index (κ3) is 7.59. The maximum absolute atomic E-state index is 14.6. The Hall–Kier alpha value is 0.180. The first-order valence-corrected chi connectivity index (χ1v) is 15.1. The van der Waals surface area contributed by atoms with Gasteiger partial charge in [0.25, 0.3) is 14.7 Å². The molecule has 0 aromatic carbocycles. The molecule has 1 heterocycles. The Morgan fingerprint density at radius 1 is 0.613 bits per heavy atom. The molecule has 0 N–H and O–H groups in total. The molecule has 0 radical (unpaired) electrons. The Bertz CT molecular complexity index is 521. The van der Waals surface area contributed by atoms with Crippen LogP contribution in [-0.4, -0.2) is 75.2 Å². The molecule has 0 spiro atoms. The highest BCUT2D eigenvalue weighted by Crippen LogP contribution is 2.74. The molecule has 1 aliphatic rings. The summed E-state index contributed by atoms with van der Waals surface area (Å²) in [6, 6.07) is -2.32. The third-order valence-corrected chi connectivity index (χ3v) is 11.8. The molecule has 2 unspecified atom stereocenters. The number of rotatable bonds is 17. The van der Waals surface area contributed by atoms with E-state index in [4.69, 9.17) is 28.0 Å². The molecular weight excluding hydrogens is 444 g/mol. The van der Waals surface area contributed by atoms with Gasteiger partial charge in [-0.1, -0.05) is 6.42 Å². The molecule has 1 fully saturated rings.